The average molecular weight is 277 g/mol. The Bertz CT molecular complexity index is 576. The van der Waals surface area contributed by atoms with Gasteiger partial charge in [0.2, 0.25) is 0 Å². The van der Waals surface area contributed by atoms with E-state index >= 15 is 0 Å². The van der Waals surface area contributed by atoms with E-state index in [-0.39, 0.29) is 11.1 Å². The van der Waals surface area contributed by atoms with Crippen LogP contribution in [0.15, 0.2) is 35.4 Å². The molecule has 0 aromatic heterocycles. The van der Waals surface area contributed by atoms with Crippen molar-refractivity contribution in [1.29, 1.82) is 0 Å². The minimum absolute atomic E-state index is 0.0190. The fraction of sp³-hybridized carbons (Fsp3) is 0.154. The lowest BCUT2D eigenvalue weighted by molar-refractivity contribution is -0.133. The third kappa shape index (κ3) is 4.13. The van der Waals surface area contributed by atoms with Gasteiger partial charge in [-0.2, -0.15) is 0 Å². The highest BCUT2D eigenvalue weighted by Gasteiger charge is 2.12. The lowest BCUT2D eigenvalue weighted by atomic mass is 10.1. The number of anilines is 2. The number of aliphatic carboxylic acids is 1. The molecule has 0 spiro atoms. The van der Waals surface area contributed by atoms with Crippen LogP contribution in [0.1, 0.15) is 13.8 Å². The van der Waals surface area contributed by atoms with E-state index in [0.29, 0.717) is 11.4 Å². The van der Waals surface area contributed by atoms with Crippen LogP contribution in [0.25, 0.3) is 0 Å². The number of nitrogens with one attached hydrogen (secondary N) is 2. The maximum Gasteiger partial charge on any atom is 0.331 e. The predicted molar refractivity (Wildman–Crippen MR) is 74.3 cm³/mol. The molecule has 0 aliphatic heterocycles. The summed E-state index contributed by atoms with van der Waals surface area (Å²) in [6, 6.07) is 5.56. The first kappa shape index (κ1) is 15.2. The second kappa shape index (κ2) is 6.37. The number of benzene rings is 1. The number of hydrogen-bond acceptors (Lipinski definition) is 3. The molecule has 0 heterocycles. The quantitative estimate of drug-likeness (QED) is 0.623. The molecule has 7 heteroatoms. The smallest absolute Gasteiger partial charge is 0.331 e. The van der Waals surface area contributed by atoms with Crippen molar-refractivity contribution in [3.8, 4) is 0 Å². The van der Waals surface area contributed by atoms with Gasteiger partial charge in [-0.05, 0) is 38.1 Å². The van der Waals surface area contributed by atoms with Gasteiger partial charge in [0.1, 0.15) is 0 Å². The zero-order chi connectivity index (χ0) is 15.3. The zero-order valence-electron chi connectivity index (χ0n) is 11.1. The molecule has 0 fully saturated rings. The summed E-state index contributed by atoms with van der Waals surface area (Å²) in [4.78, 5) is 33.2. The van der Waals surface area contributed by atoms with Gasteiger partial charge < -0.3 is 21.5 Å². The van der Waals surface area contributed by atoms with E-state index < -0.39 is 17.9 Å². The van der Waals surface area contributed by atoms with E-state index in [0.717, 1.165) is 0 Å². The summed E-state index contributed by atoms with van der Waals surface area (Å²) in [6.45, 7) is 2.79. The number of amides is 3. The molecule has 1 rings (SSSR count). The summed E-state index contributed by atoms with van der Waals surface area (Å²) < 4.78 is 0. The highest BCUT2D eigenvalue weighted by molar-refractivity contribution is 6.08. The Balaban J connectivity index is 2.79. The van der Waals surface area contributed by atoms with Crippen LogP contribution in [0.5, 0.6) is 0 Å². The van der Waals surface area contributed by atoms with Crippen LogP contribution in [-0.2, 0) is 9.59 Å². The predicted octanol–water partition coefficient (Wildman–Crippen LogP) is 1.54. The Kier molecular flexibility index (Phi) is 4.85. The SMILES string of the molecule is CC(C(=O)O)=C(C)C(=O)Nc1ccc(NC(N)=O)cc1. The summed E-state index contributed by atoms with van der Waals surface area (Å²) in [6.07, 6.45) is 0. The van der Waals surface area contributed by atoms with Gasteiger partial charge in [0.05, 0.1) is 0 Å². The number of carbonyl (C=O) groups excluding carboxylic acids is 2. The molecule has 106 valence electrons. The molecule has 20 heavy (non-hydrogen) atoms. The molecule has 3 amide bonds. The van der Waals surface area contributed by atoms with Gasteiger partial charge in [-0.1, -0.05) is 0 Å². The van der Waals surface area contributed by atoms with Crippen LogP contribution in [0.2, 0.25) is 0 Å². The molecular weight excluding hydrogens is 262 g/mol. The van der Waals surface area contributed by atoms with Crippen LogP contribution in [-0.4, -0.2) is 23.0 Å². The lowest BCUT2D eigenvalue weighted by Crippen LogP contribution is -2.19. The fourth-order valence-electron chi connectivity index (χ4n) is 1.33. The lowest BCUT2D eigenvalue weighted by Gasteiger charge is -2.08. The molecule has 1 aromatic rings. The zero-order valence-corrected chi connectivity index (χ0v) is 11.1. The summed E-state index contributed by atoms with van der Waals surface area (Å²) >= 11 is 0. The van der Waals surface area contributed by atoms with Crippen LogP contribution in [0.3, 0.4) is 0 Å². The summed E-state index contributed by atoms with van der Waals surface area (Å²) in [7, 11) is 0. The van der Waals surface area contributed by atoms with Crippen LogP contribution in [0.4, 0.5) is 16.2 Å². The molecule has 1 aromatic carbocycles. The number of carbonyl (C=O) groups is 3. The summed E-state index contributed by atoms with van der Waals surface area (Å²) in [5, 5.41) is 13.7. The van der Waals surface area contributed by atoms with Crippen LogP contribution in [0, 0.1) is 0 Å². The van der Waals surface area contributed by atoms with Crippen molar-refractivity contribution < 1.29 is 19.5 Å². The summed E-state index contributed by atoms with van der Waals surface area (Å²) in [5.74, 6) is -1.64. The Morgan fingerprint density at radius 1 is 0.950 bits per heavy atom. The minimum Gasteiger partial charge on any atom is -0.478 e. The minimum atomic E-state index is -1.14. The Hall–Kier alpha value is -2.83. The number of carboxylic acids is 1. The molecular formula is C13H15N3O4. The van der Waals surface area contributed by atoms with Gasteiger partial charge in [-0.3, -0.25) is 4.79 Å². The van der Waals surface area contributed by atoms with Crippen molar-refractivity contribution >= 4 is 29.3 Å². The highest BCUT2D eigenvalue weighted by Crippen LogP contribution is 2.15. The van der Waals surface area contributed by atoms with Gasteiger partial charge in [-0.25, -0.2) is 9.59 Å². The first-order valence-corrected chi connectivity index (χ1v) is 5.70. The number of hydrogen-bond donors (Lipinski definition) is 4. The van der Waals surface area contributed by atoms with Gasteiger partial charge in [0.25, 0.3) is 5.91 Å². The first-order valence-electron chi connectivity index (χ1n) is 5.70. The largest absolute Gasteiger partial charge is 0.478 e. The number of primary amides is 1. The van der Waals surface area contributed by atoms with E-state index in [1.54, 1.807) is 24.3 Å². The van der Waals surface area contributed by atoms with Crippen LogP contribution >= 0.6 is 0 Å². The Morgan fingerprint density at radius 3 is 1.80 bits per heavy atom. The molecule has 0 saturated carbocycles. The molecule has 0 aliphatic carbocycles. The van der Waals surface area contributed by atoms with E-state index in [9.17, 15) is 14.4 Å². The van der Waals surface area contributed by atoms with Crippen molar-refractivity contribution in [2.75, 3.05) is 10.6 Å². The average Bonchev–Trinajstić information content (AvgIpc) is 2.38. The van der Waals surface area contributed by atoms with Crippen molar-refractivity contribution in [1.82, 2.24) is 0 Å². The van der Waals surface area contributed by atoms with Crippen LogP contribution < -0.4 is 16.4 Å². The normalized spacial score (nSPS) is 11.3. The molecule has 0 atom stereocenters. The molecule has 5 N–H and O–H groups in total. The molecule has 0 unspecified atom stereocenters. The van der Waals surface area contributed by atoms with E-state index in [4.69, 9.17) is 10.8 Å². The third-order valence-corrected chi connectivity index (χ3v) is 2.63. The first-order chi connectivity index (χ1) is 9.31. The molecule has 0 radical (unpaired) electrons. The fourth-order valence-corrected chi connectivity index (χ4v) is 1.33. The maximum absolute atomic E-state index is 11.8. The van der Waals surface area contributed by atoms with Crippen molar-refractivity contribution in [2.45, 2.75) is 13.8 Å². The van der Waals surface area contributed by atoms with Crippen molar-refractivity contribution in [2.24, 2.45) is 5.73 Å². The van der Waals surface area contributed by atoms with Gasteiger partial charge >= 0.3 is 12.0 Å². The second-order valence-electron chi connectivity index (χ2n) is 4.08. The van der Waals surface area contributed by atoms with Crippen molar-refractivity contribution in [3.63, 3.8) is 0 Å². The molecule has 0 aliphatic rings. The van der Waals surface area contributed by atoms with E-state index in [1.807, 2.05) is 0 Å². The molecule has 0 bridgehead atoms. The Labute approximate surface area is 115 Å². The molecule has 7 nitrogen and oxygen atoms in total. The standard InChI is InChI=1S/C13H15N3O4/c1-7(8(2)12(18)19)11(17)15-9-3-5-10(6-4-9)16-13(14)20/h3-6H,1-2H3,(H,15,17)(H,18,19)(H3,14,16,20). The summed E-state index contributed by atoms with van der Waals surface area (Å²) in [5.41, 5.74) is 6.03. The number of rotatable bonds is 4. The van der Waals surface area contributed by atoms with E-state index in [2.05, 4.69) is 10.6 Å². The monoisotopic (exact) mass is 277 g/mol. The van der Waals surface area contributed by atoms with Gasteiger partial charge in [0.15, 0.2) is 0 Å². The molecule has 0 saturated heterocycles. The highest BCUT2D eigenvalue weighted by atomic mass is 16.4. The third-order valence-electron chi connectivity index (χ3n) is 2.63. The maximum atomic E-state index is 11.8. The second-order valence-corrected chi connectivity index (χ2v) is 4.08. The van der Waals surface area contributed by atoms with Crippen molar-refractivity contribution in [3.05, 3.63) is 35.4 Å². The van der Waals surface area contributed by atoms with Gasteiger partial charge in [0, 0.05) is 22.5 Å². The van der Waals surface area contributed by atoms with E-state index in [1.165, 1.54) is 13.8 Å². The number of urea groups is 1. The Morgan fingerprint density at radius 2 is 1.40 bits per heavy atom. The number of nitrogens with two attached hydrogens (primary N) is 1. The topological polar surface area (TPSA) is 122 Å². The van der Waals surface area contributed by atoms with Gasteiger partial charge in [-0.15, -0.1) is 0 Å². The number of carboxylic acid groups (broad SMARTS) is 1.